The van der Waals surface area contributed by atoms with Gasteiger partial charge in [0.05, 0.1) is 10.7 Å². The van der Waals surface area contributed by atoms with Crippen LogP contribution >= 0.6 is 24.8 Å². The van der Waals surface area contributed by atoms with E-state index >= 15 is 0 Å². The smallest absolute Gasteiger partial charge is 0.283 e. The Labute approximate surface area is 121 Å². The minimum Gasteiger partial charge on any atom is -0.283 e. The number of nitrogens with one attached hydrogen (secondary N) is 3. The first-order valence-corrected chi connectivity index (χ1v) is 5.19. The van der Waals surface area contributed by atoms with Gasteiger partial charge < -0.3 is 0 Å². The SMILES string of the molecule is S=C1C=C(S)NN(Nc2ccccc2)N1.[Mg+2]. The van der Waals surface area contributed by atoms with Crippen molar-refractivity contribution in [2.75, 3.05) is 5.43 Å². The Hall–Kier alpha value is -0.474. The maximum atomic E-state index is 5.02. The van der Waals surface area contributed by atoms with Crippen LogP contribution in [0.5, 0.6) is 0 Å². The molecule has 0 aliphatic carbocycles. The van der Waals surface area contributed by atoms with E-state index in [1.165, 1.54) is 0 Å². The average Bonchev–Trinajstić information content (AvgIpc) is 2.17. The predicted octanol–water partition coefficient (Wildman–Crippen LogP) is 1.06. The van der Waals surface area contributed by atoms with Crippen LogP contribution in [0.4, 0.5) is 5.69 Å². The second-order valence-electron chi connectivity index (χ2n) is 2.93. The molecule has 0 aromatic heterocycles. The minimum absolute atomic E-state index is 0. The normalized spacial score (nSPS) is 15.3. The summed E-state index contributed by atoms with van der Waals surface area (Å²) in [4.78, 5) is 0.599. The Morgan fingerprint density at radius 2 is 1.88 bits per heavy atom. The molecule has 0 atom stereocenters. The summed E-state index contributed by atoms with van der Waals surface area (Å²) in [6.45, 7) is 0. The van der Waals surface area contributed by atoms with E-state index in [1.54, 1.807) is 11.3 Å². The summed E-state index contributed by atoms with van der Waals surface area (Å²) < 4.78 is 0. The third kappa shape index (κ3) is 3.83. The van der Waals surface area contributed by atoms with Crippen LogP contribution in [0, 0.1) is 0 Å². The van der Waals surface area contributed by atoms with E-state index in [9.17, 15) is 0 Å². The van der Waals surface area contributed by atoms with E-state index in [0.29, 0.717) is 10.0 Å². The van der Waals surface area contributed by atoms with E-state index < -0.39 is 0 Å². The molecule has 3 N–H and O–H groups in total. The van der Waals surface area contributed by atoms with E-state index in [2.05, 4.69) is 28.9 Å². The van der Waals surface area contributed by atoms with Gasteiger partial charge in [-0.15, -0.1) is 12.6 Å². The van der Waals surface area contributed by atoms with Gasteiger partial charge in [0, 0.05) is 6.08 Å². The summed E-state index contributed by atoms with van der Waals surface area (Å²) in [6.07, 6.45) is 1.72. The van der Waals surface area contributed by atoms with Crippen molar-refractivity contribution in [3.63, 3.8) is 0 Å². The summed E-state index contributed by atoms with van der Waals surface area (Å²) >= 11 is 9.21. The third-order valence-electron chi connectivity index (χ3n) is 1.73. The molecule has 0 saturated carbocycles. The summed E-state index contributed by atoms with van der Waals surface area (Å²) in [5.41, 5.74) is 9.88. The molecule has 0 amide bonds. The Kier molecular flexibility index (Phi) is 5.36. The van der Waals surface area contributed by atoms with E-state index in [4.69, 9.17) is 12.2 Å². The molecule has 1 aromatic carbocycles. The van der Waals surface area contributed by atoms with Crippen LogP contribution in [0.2, 0.25) is 0 Å². The molecule has 4 nitrogen and oxygen atoms in total. The van der Waals surface area contributed by atoms with Gasteiger partial charge in [-0.25, -0.2) is 0 Å². The Morgan fingerprint density at radius 1 is 1.19 bits per heavy atom. The van der Waals surface area contributed by atoms with Crippen molar-refractivity contribution in [2.24, 2.45) is 0 Å². The average molecular weight is 263 g/mol. The zero-order valence-corrected chi connectivity index (χ0v) is 11.6. The third-order valence-corrected chi connectivity index (χ3v) is 2.17. The number of thiol groups is 1. The van der Waals surface area contributed by atoms with E-state index in [1.807, 2.05) is 30.3 Å². The molecule has 78 valence electrons. The summed E-state index contributed by atoms with van der Waals surface area (Å²) in [7, 11) is 0. The zero-order chi connectivity index (χ0) is 10.7. The maximum absolute atomic E-state index is 5.02. The number of hydrogen-bond acceptors (Lipinski definition) is 5. The number of thiocarbonyl (C=S) groups is 1. The van der Waals surface area contributed by atoms with Gasteiger partial charge in [-0.2, -0.15) is 0 Å². The first kappa shape index (κ1) is 13.6. The van der Waals surface area contributed by atoms with Crippen molar-refractivity contribution < 1.29 is 0 Å². The van der Waals surface area contributed by atoms with E-state index in [0.717, 1.165) is 5.69 Å². The van der Waals surface area contributed by atoms with Gasteiger partial charge in [0.1, 0.15) is 4.99 Å². The second kappa shape index (κ2) is 6.31. The van der Waals surface area contributed by atoms with Crippen LogP contribution in [0.15, 0.2) is 41.4 Å². The minimum atomic E-state index is 0. The number of para-hydroxylation sites is 1. The first-order valence-electron chi connectivity index (χ1n) is 4.34. The van der Waals surface area contributed by atoms with Gasteiger partial charge in [0.2, 0.25) is 0 Å². The molecule has 0 unspecified atom stereocenters. The monoisotopic (exact) mass is 262 g/mol. The van der Waals surface area contributed by atoms with Gasteiger partial charge in [0.15, 0.2) is 0 Å². The van der Waals surface area contributed by atoms with Gasteiger partial charge in [-0.3, -0.25) is 16.3 Å². The maximum Gasteiger partial charge on any atom is 2.00 e. The van der Waals surface area contributed by atoms with Crippen LogP contribution in [-0.2, 0) is 0 Å². The largest absolute Gasteiger partial charge is 2.00 e. The summed E-state index contributed by atoms with van der Waals surface area (Å²) in [6, 6.07) is 9.74. The molecule has 7 heteroatoms. The Morgan fingerprint density at radius 3 is 2.50 bits per heavy atom. The fraction of sp³-hybridized carbons (Fsp3) is 0. The van der Waals surface area contributed by atoms with Crippen molar-refractivity contribution >= 4 is 58.6 Å². The number of rotatable bonds is 2. The van der Waals surface area contributed by atoms with Crippen LogP contribution < -0.4 is 16.3 Å². The number of hydrazine groups is 3. The molecule has 1 aromatic rings. The molecular formula is C9H10MgN4S2+2. The standard InChI is InChI=1S/C9H10N4S2.Mg/c14-8-6-9(15)12-13(11-8)10-7-4-2-1-3-5-7;/h1-6,10-11,14H,(H,12,15);/q;+2. The molecule has 1 heterocycles. The predicted molar refractivity (Wildman–Crippen MR) is 73.6 cm³/mol. The molecule has 0 fully saturated rings. The van der Waals surface area contributed by atoms with Crippen LogP contribution in [0.3, 0.4) is 0 Å². The molecule has 2 rings (SSSR count). The number of hydrogen-bond donors (Lipinski definition) is 4. The van der Waals surface area contributed by atoms with Gasteiger partial charge in [-0.1, -0.05) is 30.4 Å². The molecule has 1 aliphatic rings. The summed E-state index contributed by atoms with van der Waals surface area (Å²) in [5, 5.41) is 2.24. The zero-order valence-electron chi connectivity index (χ0n) is 8.47. The quantitative estimate of drug-likeness (QED) is 0.364. The van der Waals surface area contributed by atoms with Gasteiger partial charge in [0.25, 0.3) is 0 Å². The summed E-state index contributed by atoms with van der Waals surface area (Å²) in [5.74, 6) is 0. The number of benzene rings is 1. The molecule has 0 spiro atoms. The fourth-order valence-electron chi connectivity index (χ4n) is 1.14. The Balaban J connectivity index is 0.00000128. The topological polar surface area (TPSA) is 39.3 Å². The van der Waals surface area contributed by atoms with Crippen LogP contribution in [-0.4, -0.2) is 33.3 Å². The molecule has 1 aliphatic heterocycles. The van der Waals surface area contributed by atoms with Gasteiger partial charge >= 0.3 is 23.1 Å². The number of nitrogens with zero attached hydrogens (tertiary/aromatic N) is 1. The van der Waals surface area contributed by atoms with Crippen molar-refractivity contribution in [1.29, 1.82) is 0 Å². The van der Waals surface area contributed by atoms with Crippen molar-refractivity contribution in [1.82, 2.24) is 16.1 Å². The Bertz CT molecular complexity index is 396. The van der Waals surface area contributed by atoms with Crippen molar-refractivity contribution in [3.05, 3.63) is 41.4 Å². The van der Waals surface area contributed by atoms with Gasteiger partial charge in [-0.05, 0) is 17.4 Å². The molecule has 0 saturated heterocycles. The van der Waals surface area contributed by atoms with Crippen molar-refractivity contribution in [3.8, 4) is 0 Å². The van der Waals surface area contributed by atoms with Crippen LogP contribution in [0.1, 0.15) is 0 Å². The molecule has 0 bridgehead atoms. The second-order valence-corrected chi connectivity index (χ2v) is 3.85. The number of anilines is 1. The first-order chi connectivity index (χ1) is 7.24. The van der Waals surface area contributed by atoms with Crippen molar-refractivity contribution in [2.45, 2.75) is 0 Å². The molecule has 16 heavy (non-hydrogen) atoms. The van der Waals surface area contributed by atoms with Crippen LogP contribution in [0.25, 0.3) is 0 Å². The molecule has 0 radical (unpaired) electrons. The molecular weight excluding hydrogens is 253 g/mol. The van der Waals surface area contributed by atoms with E-state index in [-0.39, 0.29) is 23.1 Å². The fourth-order valence-corrected chi connectivity index (χ4v) is 1.66.